The fourth-order valence-corrected chi connectivity index (χ4v) is 4.46. The van der Waals surface area contributed by atoms with Gasteiger partial charge in [0.2, 0.25) is 26.0 Å². The van der Waals surface area contributed by atoms with Gasteiger partial charge in [0.05, 0.1) is 27.5 Å². The second-order valence-electron chi connectivity index (χ2n) is 6.27. The van der Waals surface area contributed by atoms with E-state index in [2.05, 4.69) is 10.0 Å². The van der Waals surface area contributed by atoms with Crippen LogP contribution < -0.4 is 19.9 Å². The fourth-order valence-electron chi connectivity index (χ4n) is 2.41. The van der Waals surface area contributed by atoms with Crippen LogP contribution >= 0.6 is 11.6 Å². The summed E-state index contributed by atoms with van der Waals surface area (Å²) in [6.45, 7) is 3.63. The summed E-state index contributed by atoms with van der Waals surface area (Å²) in [6, 6.07) is 8.58. The lowest BCUT2D eigenvalue weighted by Crippen LogP contribution is -2.44. The maximum atomic E-state index is 12.5. The van der Waals surface area contributed by atoms with Crippen molar-refractivity contribution in [2.24, 2.45) is 5.14 Å². The number of sulfonamides is 2. The molecule has 164 valence electrons. The summed E-state index contributed by atoms with van der Waals surface area (Å²) in [5.74, 6) is -0.205. The van der Waals surface area contributed by atoms with Crippen molar-refractivity contribution in [1.82, 2.24) is 10.0 Å². The molecule has 0 fully saturated rings. The van der Waals surface area contributed by atoms with Crippen molar-refractivity contribution < 1.29 is 26.4 Å². The highest BCUT2D eigenvalue weighted by molar-refractivity contribution is 7.89. The Morgan fingerprint density at radius 3 is 2.23 bits per heavy atom. The molecule has 9 nitrogen and oxygen atoms in total. The van der Waals surface area contributed by atoms with E-state index in [0.717, 1.165) is 0 Å². The number of halogens is 1. The molecule has 0 aromatic heterocycles. The number of nitrogens with two attached hydrogens (primary N) is 1. The Bertz CT molecular complexity index is 1120. The Labute approximate surface area is 180 Å². The molecule has 2 rings (SSSR count). The highest BCUT2D eigenvalue weighted by atomic mass is 35.5. The molecular formula is C18H22ClN3O6S2. The molecule has 30 heavy (non-hydrogen) atoms. The molecule has 0 aliphatic rings. The summed E-state index contributed by atoms with van der Waals surface area (Å²) in [7, 11) is -7.80. The molecule has 0 radical (unpaired) electrons. The highest BCUT2D eigenvalue weighted by Crippen LogP contribution is 2.27. The lowest BCUT2D eigenvalue weighted by molar-refractivity contribution is -0.122. The zero-order valence-corrected chi connectivity index (χ0v) is 18.6. The van der Waals surface area contributed by atoms with E-state index in [4.69, 9.17) is 21.5 Å². The molecule has 2 aromatic rings. The summed E-state index contributed by atoms with van der Waals surface area (Å²) in [5, 5.41) is 7.74. The summed E-state index contributed by atoms with van der Waals surface area (Å²) < 4.78 is 55.1. The third-order valence-electron chi connectivity index (χ3n) is 3.96. The van der Waals surface area contributed by atoms with Gasteiger partial charge in [-0.2, -0.15) is 4.72 Å². The van der Waals surface area contributed by atoms with Gasteiger partial charge in [-0.1, -0.05) is 23.7 Å². The van der Waals surface area contributed by atoms with Crippen LogP contribution in [0, 0.1) is 0 Å². The number of amides is 1. The summed E-state index contributed by atoms with van der Waals surface area (Å²) >= 11 is 6.03. The van der Waals surface area contributed by atoms with Gasteiger partial charge in [-0.05, 0) is 49.7 Å². The third kappa shape index (κ3) is 6.41. The largest absolute Gasteiger partial charge is 0.492 e. The minimum atomic E-state index is -4.00. The van der Waals surface area contributed by atoms with E-state index in [1.165, 1.54) is 49.4 Å². The summed E-state index contributed by atoms with van der Waals surface area (Å²) in [6.07, 6.45) is 0. The Kier molecular flexibility index (Phi) is 7.83. The number of nitrogens with one attached hydrogen (secondary N) is 2. The van der Waals surface area contributed by atoms with Crippen LogP contribution in [0.3, 0.4) is 0 Å². The third-order valence-corrected chi connectivity index (χ3v) is 6.72. The Hall–Kier alpha value is -2.18. The van der Waals surface area contributed by atoms with Gasteiger partial charge in [0, 0.05) is 6.54 Å². The molecule has 0 unspecified atom stereocenters. The van der Waals surface area contributed by atoms with E-state index >= 15 is 0 Å². The van der Waals surface area contributed by atoms with Crippen LogP contribution in [0.4, 0.5) is 0 Å². The number of carbonyl (C=O) groups is 1. The first-order valence-corrected chi connectivity index (χ1v) is 12.2. The van der Waals surface area contributed by atoms with Gasteiger partial charge in [-0.25, -0.2) is 22.0 Å². The van der Waals surface area contributed by atoms with Crippen LogP contribution in [0.15, 0.2) is 52.3 Å². The zero-order chi connectivity index (χ0) is 22.5. The van der Waals surface area contributed by atoms with Crippen molar-refractivity contribution in [1.29, 1.82) is 0 Å². The SMILES string of the molecule is CCOc1ccc(S(=O)(=O)N[C@H](C)C(=O)NCc2ccc(S(N)(=O)=O)cc2)cc1Cl. The smallest absolute Gasteiger partial charge is 0.241 e. The predicted octanol–water partition coefficient (Wildman–Crippen LogP) is 1.37. The Balaban J connectivity index is 2.00. The fraction of sp³-hybridized carbons (Fsp3) is 0.278. The van der Waals surface area contributed by atoms with Gasteiger partial charge in [-0.3, -0.25) is 4.79 Å². The first-order valence-electron chi connectivity index (χ1n) is 8.78. The lowest BCUT2D eigenvalue weighted by Gasteiger charge is -2.15. The number of benzene rings is 2. The first-order chi connectivity index (χ1) is 13.9. The minimum absolute atomic E-state index is 0.0484. The molecule has 0 bridgehead atoms. The van der Waals surface area contributed by atoms with E-state index < -0.39 is 32.0 Å². The second-order valence-corrected chi connectivity index (χ2v) is 9.96. The topological polar surface area (TPSA) is 145 Å². The lowest BCUT2D eigenvalue weighted by atomic mass is 10.2. The van der Waals surface area contributed by atoms with Crippen molar-refractivity contribution in [3.63, 3.8) is 0 Å². The maximum Gasteiger partial charge on any atom is 0.241 e. The van der Waals surface area contributed by atoms with Crippen molar-refractivity contribution in [3.8, 4) is 5.75 Å². The van der Waals surface area contributed by atoms with Gasteiger partial charge in [0.25, 0.3) is 0 Å². The monoisotopic (exact) mass is 475 g/mol. The molecule has 4 N–H and O–H groups in total. The van der Waals surface area contributed by atoms with Gasteiger partial charge in [-0.15, -0.1) is 0 Å². The van der Waals surface area contributed by atoms with E-state index in [1.54, 1.807) is 6.92 Å². The van der Waals surface area contributed by atoms with Gasteiger partial charge >= 0.3 is 0 Å². The number of hydrogen-bond donors (Lipinski definition) is 3. The van der Waals surface area contributed by atoms with Crippen LogP contribution in [0.1, 0.15) is 19.4 Å². The van der Waals surface area contributed by atoms with Crippen molar-refractivity contribution in [3.05, 3.63) is 53.1 Å². The van der Waals surface area contributed by atoms with Crippen molar-refractivity contribution in [2.45, 2.75) is 36.2 Å². The van der Waals surface area contributed by atoms with Crippen LogP contribution in [-0.2, 0) is 31.4 Å². The number of hydrogen-bond acceptors (Lipinski definition) is 6. The average Bonchev–Trinajstić information content (AvgIpc) is 2.67. The number of rotatable bonds is 9. The molecule has 1 atom stereocenters. The van der Waals surface area contributed by atoms with E-state index in [1.807, 2.05) is 0 Å². The number of primary sulfonamides is 1. The molecule has 0 saturated carbocycles. The molecule has 0 aliphatic carbocycles. The van der Waals surface area contributed by atoms with E-state index in [9.17, 15) is 21.6 Å². The molecule has 0 saturated heterocycles. The molecule has 2 aromatic carbocycles. The molecule has 12 heteroatoms. The molecular weight excluding hydrogens is 454 g/mol. The predicted molar refractivity (Wildman–Crippen MR) is 112 cm³/mol. The minimum Gasteiger partial charge on any atom is -0.492 e. The second kappa shape index (κ2) is 9.75. The zero-order valence-electron chi connectivity index (χ0n) is 16.3. The average molecular weight is 476 g/mol. The molecule has 0 spiro atoms. The Morgan fingerprint density at radius 1 is 1.10 bits per heavy atom. The number of carbonyl (C=O) groups excluding carboxylic acids is 1. The quantitative estimate of drug-likeness (QED) is 0.499. The van der Waals surface area contributed by atoms with Crippen LogP contribution in [0.2, 0.25) is 5.02 Å². The molecule has 0 heterocycles. The summed E-state index contributed by atoms with van der Waals surface area (Å²) in [4.78, 5) is 12.1. The van der Waals surface area contributed by atoms with Crippen molar-refractivity contribution >= 4 is 37.6 Å². The normalized spacial score (nSPS) is 12.9. The van der Waals surface area contributed by atoms with E-state index in [-0.39, 0.29) is 21.4 Å². The van der Waals surface area contributed by atoms with E-state index in [0.29, 0.717) is 17.9 Å². The molecule has 0 aliphatic heterocycles. The van der Waals surface area contributed by atoms with Crippen molar-refractivity contribution in [2.75, 3.05) is 6.61 Å². The van der Waals surface area contributed by atoms with Crippen LogP contribution in [0.25, 0.3) is 0 Å². The number of ether oxygens (including phenoxy) is 1. The standard InChI is InChI=1S/C18H22ClN3O6S2/c1-3-28-17-9-8-15(10-16(17)19)30(26,27)22-12(2)18(23)21-11-13-4-6-14(7-5-13)29(20,24)25/h4-10,12,22H,3,11H2,1-2H3,(H,21,23)(H2,20,24,25)/t12-/m1/s1. The van der Waals surface area contributed by atoms with Crippen LogP contribution in [-0.4, -0.2) is 35.4 Å². The Morgan fingerprint density at radius 2 is 1.70 bits per heavy atom. The molecule has 1 amide bonds. The highest BCUT2D eigenvalue weighted by Gasteiger charge is 2.23. The summed E-state index contributed by atoms with van der Waals surface area (Å²) in [5.41, 5.74) is 0.615. The first kappa shape index (κ1) is 24.1. The maximum absolute atomic E-state index is 12.5. The van der Waals surface area contributed by atoms with Gasteiger partial charge in [0.1, 0.15) is 5.75 Å². The van der Waals surface area contributed by atoms with Gasteiger partial charge < -0.3 is 10.1 Å². The van der Waals surface area contributed by atoms with Gasteiger partial charge in [0.15, 0.2) is 0 Å². The van der Waals surface area contributed by atoms with Crippen LogP contribution in [0.5, 0.6) is 5.75 Å².